The molecule has 3 aromatic carbocycles. The van der Waals surface area contributed by atoms with Crippen molar-refractivity contribution in [1.82, 2.24) is 5.32 Å². The zero-order chi connectivity index (χ0) is 32.7. The monoisotopic (exact) mass is 634 g/mol. The van der Waals surface area contributed by atoms with Gasteiger partial charge in [0.15, 0.2) is 0 Å². The highest BCUT2D eigenvalue weighted by atomic mass is 32.2. The van der Waals surface area contributed by atoms with Crippen molar-refractivity contribution < 1.29 is 36.6 Å². The summed E-state index contributed by atoms with van der Waals surface area (Å²) in [6.45, 7) is 8.83. The first-order chi connectivity index (χ1) is 21.2. The maximum atomic E-state index is 13.3. The number of nitrogens with one attached hydrogen (secondary N) is 1. The van der Waals surface area contributed by atoms with Crippen molar-refractivity contribution in [1.29, 1.82) is 0 Å². The average molecular weight is 635 g/mol. The van der Waals surface area contributed by atoms with Gasteiger partial charge < -0.3 is 23.9 Å². The molecule has 0 radical (unpaired) electrons. The fraction of sp³-hybridized carbons (Fsp3) is 0.353. The van der Waals surface area contributed by atoms with Crippen LogP contribution in [-0.2, 0) is 24.3 Å². The summed E-state index contributed by atoms with van der Waals surface area (Å²) in [6, 6.07) is 18.3. The smallest absolute Gasteiger partial charge is 0.311 e. The van der Waals surface area contributed by atoms with E-state index in [1.807, 2.05) is 31.2 Å². The molecule has 0 bridgehead atoms. The molecule has 1 aliphatic heterocycles. The van der Waals surface area contributed by atoms with Gasteiger partial charge in [0.1, 0.15) is 35.6 Å². The Hall–Kier alpha value is -4.35. The fourth-order valence-electron chi connectivity index (χ4n) is 5.14. The number of sulfonamides is 1. The first-order valence-electron chi connectivity index (χ1n) is 14.6. The summed E-state index contributed by atoms with van der Waals surface area (Å²) in [5.41, 5.74) is 2.61. The van der Waals surface area contributed by atoms with Crippen molar-refractivity contribution in [2.75, 3.05) is 30.8 Å². The largest absolute Gasteiger partial charge is 0.462 e. The molecule has 1 aliphatic rings. The Kier molecular flexibility index (Phi) is 8.70. The molecule has 2 heterocycles. The molecule has 1 amide bonds. The molecule has 0 aliphatic carbocycles. The van der Waals surface area contributed by atoms with Gasteiger partial charge >= 0.3 is 5.97 Å². The molecule has 0 spiro atoms. The number of aryl methyl sites for hydroxylation is 1. The maximum Gasteiger partial charge on any atom is 0.311 e. The highest BCUT2D eigenvalue weighted by Crippen LogP contribution is 2.42. The molecule has 0 fully saturated rings. The highest BCUT2D eigenvalue weighted by molar-refractivity contribution is 7.92. The third-order valence-corrected chi connectivity index (χ3v) is 8.70. The predicted molar refractivity (Wildman–Crippen MR) is 172 cm³/mol. The van der Waals surface area contributed by atoms with Gasteiger partial charge in [0, 0.05) is 29.6 Å². The Balaban J connectivity index is 1.54. The van der Waals surface area contributed by atoms with E-state index >= 15 is 0 Å². The number of ether oxygens (including phenoxy) is 3. The molecule has 0 saturated carbocycles. The van der Waals surface area contributed by atoms with Gasteiger partial charge in [0.2, 0.25) is 10.0 Å². The SMILES string of the molecule is CNC(=O)c1c(-c2ccc(Oc3ccc(C)cc3)cc2)oc2cc3c(cc12)[C@H](C)O[C@H](COC(=O)C(C)(C)C)CN3S(C)(=O)=O. The van der Waals surface area contributed by atoms with E-state index in [9.17, 15) is 18.0 Å². The number of carbonyl (C=O) groups is 2. The minimum atomic E-state index is -3.79. The van der Waals surface area contributed by atoms with Crippen molar-refractivity contribution in [3.63, 3.8) is 0 Å². The Morgan fingerprint density at radius 2 is 1.64 bits per heavy atom. The summed E-state index contributed by atoms with van der Waals surface area (Å²) in [4.78, 5) is 25.7. The van der Waals surface area contributed by atoms with Gasteiger partial charge in [-0.25, -0.2) is 8.42 Å². The van der Waals surface area contributed by atoms with E-state index in [4.69, 9.17) is 18.6 Å². The molecule has 4 aromatic rings. The number of furan rings is 1. The van der Waals surface area contributed by atoms with Crippen LogP contribution in [0.1, 0.15) is 55.3 Å². The average Bonchev–Trinajstić information content (AvgIpc) is 3.29. The minimum absolute atomic E-state index is 0.0720. The summed E-state index contributed by atoms with van der Waals surface area (Å²) < 4.78 is 51.3. The van der Waals surface area contributed by atoms with Gasteiger partial charge in [-0.15, -0.1) is 0 Å². The van der Waals surface area contributed by atoms with Crippen LogP contribution in [0.3, 0.4) is 0 Å². The normalized spacial score (nSPS) is 17.0. The predicted octanol–water partition coefficient (Wildman–Crippen LogP) is 6.38. The van der Waals surface area contributed by atoms with Gasteiger partial charge in [-0.3, -0.25) is 13.9 Å². The molecule has 0 saturated heterocycles. The van der Waals surface area contributed by atoms with E-state index in [2.05, 4.69) is 5.32 Å². The van der Waals surface area contributed by atoms with Gasteiger partial charge in [-0.2, -0.15) is 0 Å². The number of amides is 1. The number of esters is 1. The number of fused-ring (bicyclic) bond motifs is 2. The van der Waals surface area contributed by atoms with E-state index in [1.165, 1.54) is 11.4 Å². The van der Waals surface area contributed by atoms with E-state index in [0.717, 1.165) is 11.8 Å². The second kappa shape index (κ2) is 12.2. The number of nitrogens with zero attached hydrogens (tertiary/aromatic N) is 1. The van der Waals surface area contributed by atoms with Crippen molar-refractivity contribution in [2.24, 2.45) is 5.41 Å². The zero-order valence-corrected chi connectivity index (χ0v) is 27.3. The van der Waals surface area contributed by atoms with Crippen LogP contribution in [-0.4, -0.2) is 52.9 Å². The quantitative estimate of drug-likeness (QED) is 0.233. The molecule has 45 heavy (non-hydrogen) atoms. The molecule has 5 rings (SSSR count). The third kappa shape index (κ3) is 6.84. The second-order valence-corrected chi connectivity index (χ2v) is 14.2. The molecule has 238 valence electrons. The van der Waals surface area contributed by atoms with Crippen molar-refractivity contribution in [3.05, 3.63) is 77.4 Å². The Morgan fingerprint density at radius 3 is 2.22 bits per heavy atom. The van der Waals surface area contributed by atoms with Crippen LogP contribution in [0.25, 0.3) is 22.3 Å². The lowest BCUT2D eigenvalue weighted by molar-refractivity contribution is -0.158. The molecule has 2 atom stereocenters. The number of anilines is 1. The topological polar surface area (TPSA) is 124 Å². The molecular weight excluding hydrogens is 596 g/mol. The number of hydrogen-bond donors (Lipinski definition) is 1. The number of carbonyl (C=O) groups excluding carboxylic acids is 2. The van der Waals surface area contributed by atoms with E-state index in [-0.39, 0.29) is 19.1 Å². The van der Waals surface area contributed by atoms with Crippen LogP contribution in [0.2, 0.25) is 0 Å². The van der Waals surface area contributed by atoms with Gasteiger partial charge in [-0.1, -0.05) is 17.7 Å². The first kappa shape index (κ1) is 32.1. The molecule has 1 N–H and O–H groups in total. The summed E-state index contributed by atoms with van der Waals surface area (Å²) in [5, 5.41) is 3.20. The van der Waals surface area contributed by atoms with Crippen LogP contribution in [0.15, 0.2) is 65.1 Å². The lowest BCUT2D eigenvalue weighted by Gasteiger charge is -2.25. The third-order valence-electron chi connectivity index (χ3n) is 7.55. The summed E-state index contributed by atoms with van der Waals surface area (Å²) in [5.74, 6) is 0.868. The van der Waals surface area contributed by atoms with Crippen LogP contribution in [0.4, 0.5) is 5.69 Å². The number of hydrogen-bond acceptors (Lipinski definition) is 8. The lowest BCUT2D eigenvalue weighted by atomic mass is 9.97. The fourth-order valence-corrected chi connectivity index (χ4v) is 6.09. The molecule has 1 aromatic heterocycles. The van der Waals surface area contributed by atoms with Crippen molar-refractivity contribution >= 4 is 38.6 Å². The van der Waals surface area contributed by atoms with Crippen molar-refractivity contribution in [2.45, 2.75) is 46.8 Å². The first-order valence-corrected chi connectivity index (χ1v) is 16.5. The highest BCUT2D eigenvalue weighted by Gasteiger charge is 2.35. The van der Waals surface area contributed by atoms with Crippen LogP contribution >= 0.6 is 0 Å². The van der Waals surface area contributed by atoms with Crippen LogP contribution in [0.5, 0.6) is 11.5 Å². The number of rotatable bonds is 7. The van der Waals surface area contributed by atoms with E-state index in [1.54, 1.807) is 64.1 Å². The van der Waals surface area contributed by atoms with E-state index < -0.39 is 33.6 Å². The molecule has 11 heteroatoms. The zero-order valence-electron chi connectivity index (χ0n) is 26.5. The van der Waals surface area contributed by atoms with Gasteiger partial charge in [0.05, 0.1) is 35.6 Å². The Bertz CT molecular complexity index is 1840. The van der Waals surface area contributed by atoms with Gasteiger partial charge in [0.25, 0.3) is 5.91 Å². The minimum Gasteiger partial charge on any atom is -0.462 e. The standard InChI is InChI=1S/C34H38N2O8S/c1-20-8-12-23(13-9-20)43-24-14-10-22(11-15-24)31-30(32(37)35-6)27-16-26-21(2)42-25(19-41-33(38)34(3,4)5)18-36(45(7,39)40)28(26)17-29(27)44-31/h8-17,21,25H,18-19H2,1-7H3,(H,35,37)/t21-,25-/m0/s1. The summed E-state index contributed by atoms with van der Waals surface area (Å²) in [7, 11) is -2.25. The second-order valence-electron chi connectivity index (χ2n) is 12.3. The van der Waals surface area contributed by atoms with Gasteiger partial charge in [-0.05, 0) is 77.1 Å². The number of benzene rings is 3. The Morgan fingerprint density at radius 1 is 1.02 bits per heavy atom. The van der Waals surface area contributed by atoms with Crippen LogP contribution in [0, 0.1) is 12.3 Å². The Labute approximate surface area is 263 Å². The van der Waals surface area contributed by atoms with E-state index in [0.29, 0.717) is 50.6 Å². The summed E-state index contributed by atoms with van der Waals surface area (Å²) >= 11 is 0. The lowest BCUT2D eigenvalue weighted by Crippen LogP contribution is -2.39. The summed E-state index contributed by atoms with van der Waals surface area (Å²) in [6.07, 6.45) is -0.211. The molecule has 10 nitrogen and oxygen atoms in total. The van der Waals surface area contributed by atoms with Crippen molar-refractivity contribution in [3.8, 4) is 22.8 Å². The molecular formula is C34H38N2O8S. The van der Waals surface area contributed by atoms with Crippen LogP contribution < -0.4 is 14.4 Å². The maximum absolute atomic E-state index is 13.3. The molecule has 0 unspecified atom stereocenters.